The third kappa shape index (κ3) is 10.7. The van der Waals surface area contributed by atoms with Crippen molar-refractivity contribution >= 4 is 46.6 Å². The van der Waals surface area contributed by atoms with E-state index in [0.717, 1.165) is 84.1 Å². The highest BCUT2D eigenvalue weighted by atomic mass is 35.5. The number of benzene rings is 1. The maximum absolute atomic E-state index is 13.0. The van der Waals surface area contributed by atoms with Crippen molar-refractivity contribution < 1.29 is 28.6 Å². The first-order valence-corrected chi connectivity index (χ1v) is 22.4. The summed E-state index contributed by atoms with van der Waals surface area (Å²) >= 11 is 8.06. The number of aryl methyl sites for hydroxylation is 1. The van der Waals surface area contributed by atoms with Gasteiger partial charge in [-0.2, -0.15) is 5.10 Å². The lowest BCUT2D eigenvalue weighted by molar-refractivity contribution is -0.136. The molecule has 0 spiro atoms. The number of anilines is 1. The Morgan fingerprint density at radius 2 is 1.68 bits per heavy atom. The lowest BCUT2D eigenvalue weighted by Crippen LogP contribution is -2.52. The Kier molecular flexibility index (Phi) is 14.0. The fraction of sp³-hybridized carbons (Fsp3) is 0.535. The summed E-state index contributed by atoms with van der Waals surface area (Å²) in [7, 11) is 1.99. The van der Waals surface area contributed by atoms with Gasteiger partial charge in [0.05, 0.1) is 55.1 Å². The van der Waals surface area contributed by atoms with Crippen LogP contribution in [0, 0.1) is 5.92 Å². The van der Waals surface area contributed by atoms with Crippen LogP contribution >= 0.6 is 22.9 Å². The first kappa shape index (κ1) is 42.2. The van der Waals surface area contributed by atoms with Crippen LogP contribution < -0.4 is 26.0 Å². The van der Waals surface area contributed by atoms with Crippen molar-refractivity contribution in [3.8, 4) is 17.0 Å². The highest BCUT2D eigenvalue weighted by Crippen LogP contribution is 2.37. The number of nitrogens with one attached hydrogen (secondary N) is 4. The van der Waals surface area contributed by atoms with E-state index < -0.39 is 11.9 Å². The van der Waals surface area contributed by atoms with Crippen molar-refractivity contribution in [3.63, 3.8) is 0 Å². The number of nitrogens with zero attached hydrogens (tertiary/aromatic N) is 5. The fourth-order valence-corrected chi connectivity index (χ4v) is 9.30. The summed E-state index contributed by atoms with van der Waals surface area (Å²) < 4.78 is 19.6. The monoisotopic (exact) mass is 859 g/mol. The Hall–Kier alpha value is -4.45. The minimum Gasteiger partial charge on any atom is -0.488 e. The van der Waals surface area contributed by atoms with Gasteiger partial charge < -0.3 is 35.1 Å². The third-order valence-corrected chi connectivity index (χ3v) is 13.1. The average Bonchev–Trinajstić information content (AvgIpc) is 3.75. The molecule has 0 radical (unpaired) electrons. The molecule has 2 saturated carbocycles. The number of carbonyl (C=O) groups is 3. The van der Waals surface area contributed by atoms with Crippen LogP contribution in [0.3, 0.4) is 0 Å². The second-order valence-corrected chi connectivity index (χ2v) is 17.5. The van der Waals surface area contributed by atoms with Crippen LogP contribution in [-0.4, -0.2) is 100 Å². The molecule has 17 heteroatoms. The van der Waals surface area contributed by atoms with Crippen LogP contribution in [0.5, 0.6) is 5.75 Å². The van der Waals surface area contributed by atoms with Crippen molar-refractivity contribution in [1.29, 1.82) is 0 Å². The third-order valence-electron chi connectivity index (χ3n) is 11.8. The Balaban J connectivity index is 0.641. The topological polar surface area (TPSA) is 174 Å². The van der Waals surface area contributed by atoms with Gasteiger partial charge in [-0.3, -0.25) is 24.4 Å². The minimum absolute atomic E-state index is 0.166. The molecule has 5 heterocycles. The molecule has 0 bridgehead atoms. The summed E-state index contributed by atoms with van der Waals surface area (Å²) in [6.07, 6.45) is 12.0. The molecule has 1 aromatic carbocycles. The molecule has 8 rings (SSSR count). The Labute approximate surface area is 359 Å². The quantitative estimate of drug-likeness (QED) is 0.0652. The van der Waals surface area contributed by atoms with E-state index in [1.807, 2.05) is 47.6 Å². The van der Waals surface area contributed by atoms with E-state index in [1.165, 1.54) is 29.9 Å². The Morgan fingerprint density at radius 3 is 2.45 bits per heavy atom. The molecule has 320 valence electrons. The SMILES string of the molecule is Cn1ncc(-c2nc(N[C@H]3CC[C@H](NCCOCCOCCNCc4ccc(OCc5scc6c5CN([C@H]5CCC(=O)NC5=O)C6=O)cc4)CC3)ncc2Cl)c1CC1CC1. The van der Waals surface area contributed by atoms with E-state index in [1.54, 1.807) is 11.1 Å². The first-order chi connectivity index (χ1) is 29.3. The molecule has 15 nitrogen and oxygen atoms in total. The molecule has 4 aliphatic rings. The number of imide groups is 1. The summed E-state index contributed by atoms with van der Waals surface area (Å²) in [6.45, 7) is 5.31. The molecule has 4 N–H and O–H groups in total. The number of hydrogen-bond acceptors (Lipinski definition) is 13. The van der Waals surface area contributed by atoms with E-state index in [0.29, 0.717) is 81.2 Å². The lowest BCUT2D eigenvalue weighted by Gasteiger charge is -2.29. The lowest BCUT2D eigenvalue weighted by atomic mass is 9.91. The van der Waals surface area contributed by atoms with Gasteiger partial charge in [0.1, 0.15) is 18.4 Å². The Morgan fingerprint density at radius 1 is 0.917 bits per heavy atom. The van der Waals surface area contributed by atoms with Crippen LogP contribution in [0.4, 0.5) is 5.95 Å². The molecule has 60 heavy (non-hydrogen) atoms. The number of amides is 3. The van der Waals surface area contributed by atoms with E-state index in [4.69, 9.17) is 30.8 Å². The number of carbonyl (C=O) groups excluding carboxylic acids is 3. The van der Waals surface area contributed by atoms with Gasteiger partial charge in [0.2, 0.25) is 17.8 Å². The van der Waals surface area contributed by atoms with Crippen molar-refractivity contribution in [2.75, 3.05) is 44.8 Å². The normalized spacial score (nSPS) is 20.4. The van der Waals surface area contributed by atoms with Gasteiger partial charge in [-0.05, 0) is 75.0 Å². The van der Waals surface area contributed by atoms with Gasteiger partial charge >= 0.3 is 0 Å². The standard InChI is InChI=1S/C43H54ClN9O6S/c1-52-37(20-27-2-3-27)32(22-48-52)40-35(44)23-47-43(51-40)49-30-8-6-29(7-9-30)46-15-17-58-19-18-57-16-14-45-21-28-4-10-31(11-5-28)59-25-38-33-24-53(42(56)34(33)26-60-38)36-12-13-39(54)50-41(36)55/h4-5,10-11,22-23,26-27,29-30,36,45-46H,2-3,6-9,12-21,24-25H2,1H3,(H,47,49,51)(H,50,54,55)/t29-,30-,36-/m0/s1. The zero-order valence-corrected chi connectivity index (χ0v) is 35.6. The largest absolute Gasteiger partial charge is 0.488 e. The van der Waals surface area contributed by atoms with Gasteiger partial charge in [-0.15, -0.1) is 11.3 Å². The van der Waals surface area contributed by atoms with Gasteiger partial charge in [0.25, 0.3) is 5.91 Å². The summed E-state index contributed by atoms with van der Waals surface area (Å²) in [5.74, 6) is 1.24. The van der Waals surface area contributed by atoms with Crippen molar-refractivity contribution in [3.05, 3.63) is 74.3 Å². The molecule has 2 aliphatic heterocycles. The fourth-order valence-electron chi connectivity index (χ4n) is 8.16. The maximum atomic E-state index is 13.0. The number of thiophene rings is 1. The van der Waals surface area contributed by atoms with Crippen molar-refractivity contribution in [2.45, 2.75) is 95.6 Å². The predicted molar refractivity (Wildman–Crippen MR) is 228 cm³/mol. The van der Waals surface area contributed by atoms with Crippen LogP contribution in [-0.2, 0) is 52.2 Å². The highest BCUT2D eigenvalue weighted by molar-refractivity contribution is 7.10. The van der Waals surface area contributed by atoms with E-state index in [2.05, 4.69) is 31.3 Å². The average molecular weight is 860 g/mol. The van der Waals surface area contributed by atoms with E-state index >= 15 is 0 Å². The smallest absolute Gasteiger partial charge is 0.256 e. The van der Waals surface area contributed by atoms with Crippen molar-refractivity contribution in [1.82, 2.24) is 40.6 Å². The Bertz CT molecular complexity index is 2120. The summed E-state index contributed by atoms with van der Waals surface area (Å²) in [5.41, 5.74) is 5.60. The molecule has 1 saturated heterocycles. The number of ether oxygens (including phenoxy) is 3. The molecule has 1 atom stereocenters. The number of rotatable bonds is 21. The summed E-state index contributed by atoms with van der Waals surface area (Å²) in [4.78, 5) is 48.8. The molecule has 3 aromatic heterocycles. The molecular formula is C43H54ClN9O6S. The second kappa shape index (κ2) is 19.9. The molecule has 0 unspecified atom stereocenters. The van der Waals surface area contributed by atoms with Crippen LogP contribution in [0.1, 0.15) is 83.4 Å². The number of halogens is 1. The van der Waals surface area contributed by atoms with Crippen LogP contribution in [0.25, 0.3) is 11.3 Å². The van der Waals surface area contributed by atoms with Gasteiger partial charge in [0, 0.05) is 78.8 Å². The molecule has 2 aliphatic carbocycles. The number of hydrogen-bond donors (Lipinski definition) is 4. The van der Waals surface area contributed by atoms with Gasteiger partial charge in [-0.1, -0.05) is 23.7 Å². The maximum Gasteiger partial charge on any atom is 0.256 e. The van der Waals surface area contributed by atoms with Crippen LogP contribution in [0.2, 0.25) is 5.02 Å². The van der Waals surface area contributed by atoms with Gasteiger partial charge in [0.15, 0.2) is 0 Å². The summed E-state index contributed by atoms with van der Waals surface area (Å²) in [6, 6.07) is 8.12. The van der Waals surface area contributed by atoms with E-state index in [9.17, 15) is 14.4 Å². The van der Waals surface area contributed by atoms with Gasteiger partial charge in [-0.25, -0.2) is 9.97 Å². The van der Waals surface area contributed by atoms with Crippen molar-refractivity contribution in [2.24, 2.45) is 13.0 Å². The predicted octanol–water partition coefficient (Wildman–Crippen LogP) is 5.02. The zero-order chi connectivity index (χ0) is 41.4. The molecular weight excluding hydrogens is 806 g/mol. The summed E-state index contributed by atoms with van der Waals surface area (Å²) in [5, 5.41) is 19.8. The highest BCUT2D eigenvalue weighted by Gasteiger charge is 2.40. The second-order valence-electron chi connectivity index (χ2n) is 16.1. The number of aromatic nitrogens is 4. The first-order valence-electron chi connectivity index (χ1n) is 21.1. The molecule has 4 aromatic rings. The molecule has 3 amide bonds. The van der Waals surface area contributed by atoms with E-state index in [-0.39, 0.29) is 18.2 Å². The molecule has 3 fully saturated rings. The number of piperidine rings is 1. The minimum atomic E-state index is -0.620. The number of fused-ring (bicyclic) bond motifs is 1. The van der Waals surface area contributed by atoms with Crippen LogP contribution in [0.15, 0.2) is 42.0 Å². The zero-order valence-electron chi connectivity index (χ0n) is 34.1.